The highest BCUT2D eigenvalue weighted by Gasteiger charge is 2.02. The number of ether oxygens (including phenoxy) is 2. The van der Waals surface area contributed by atoms with Crippen LogP contribution in [0.1, 0.15) is 45.0 Å². The zero-order valence-electron chi connectivity index (χ0n) is 20.1. The maximum atomic E-state index is 5.90. The van der Waals surface area contributed by atoms with Crippen LogP contribution in [0, 0.1) is 0 Å². The minimum Gasteiger partial charge on any atom is -0.370 e. The van der Waals surface area contributed by atoms with E-state index >= 15 is 0 Å². The molecule has 0 spiro atoms. The first-order valence-corrected chi connectivity index (χ1v) is 12.0. The molecular weight excluding hydrogens is 448 g/mol. The topological polar surface area (TPSA) is 69.0 Å². The molecule has 2 aromatic carbocycles. The van der Waals surface area contributed by atoms with Gasteiger partial charge in [-0.15, -0.1) is 0 Å². The molecule has 0 saturated carbocycles. The standard InChI is InChI=1S/C30H28N4O2/c1-3-27-17-31-15-23-7-11-25(12-8-23)19-35-21-29-5-2-6-30(34-29)22-36-20-26-13-9-24(10-14-26)16-32-18-28(4-1)33-27/h1-14,17-18H,15-16,19-22H2. The number of rotatable bonds is 0. The first-order chi connectivity index (χ1) is 17.8. The van der Waals surface area contributed by atoms with Crippen molar-refractivity contribution in [1.29, 1.82) is 0 Å². The Bertz CT molecular complexity index is 1240. The number of nitrogens with zero attached hydrogens (tertiary/aromatic N) is 4. The Morgan fingerprint density at radius 3 is 1.39 bits per heavy atom. The fourth-order valence-corrected chi connectivity index (χ4v) is 3.82. The molecule has 4 aliphatic heterocycles. The quantitative estimate of drug-likeness (QED) is 0.338. The van der Waals surface area contributed by atoms with Gasteiger partial charge in [-0.2, -0.15) is 0 Å². The van der Waals surface area contributed by atoms with Crippen molar-refractivity contribution in [3.8, 4) is 0 Å². The van der Waals surface area contributed by atoms with Crippen molar-refractivity contribution in [3.05, 3.63) is 130 Å². The Morgan fingerprint density at radius 2 is 0.889 bits per heavy atom. The molecule has 6 heteroatoms. The summed E-state index contributed by atoms with van der Waals surface area (Å²) >= 11 is 0. The number of hydrogen-bond donors (Lipinski definition) is 0. The second-order valence-corrected chi connectivity index (χ2v) is 8.67. The zero-order chi connectivity index (χ0) is 24.4. The van der Waals surface area contributed by atoms with Gasteiger partial charge >= 0.3 is 0 Å². The third-order valence-corrected chi connectivity index (χ3v) is 5.73. The predicted octanol–water partition coefficient (Wildman–Crippen LogP) is 5.46. The summed E-state index contributed by atoms with van der Waals surface area (Å²) in [4.78, 5) is 18.4. The SMILES string of the molecule is C1=NCc2ccc(cc2)COCc2cccc(n2)COCc2ccc(cc2)CN=Cc2cccc1n2. The third-order valence-electron chi connectivity index (χ3n) is 5.73. The molecule has 0 saturated heterocycles. The lowest BCUT2D eigenvalue weighted by Crippen LogP contribution is -2.01. The van der Waals surface area contributed by atoms with E-state index in [0.717, 1.165) is 45.0 Å². The monoisotopic (exact) mass is 476 g/mol. The molecule has 0 fully saturated rings. The normalized spacial score (nSPS) is 14.7. The number of pyridine rings is 2. The highest BCUT2D eigenvalue weighted by molar-refractivity contribution is 5.81. The summed E-state index contributed by atoms with van der Waals surface area (Å²) in [6.45, 7) is 3.15. The van der Waals surface area contributed by atoms with Gasteiger partial charge in [0.1, 0.15) is 0 Å². The van der Waals surface area contributed by atoms with E-state index in [9.17, 15) is 0 Å². The molecule has 8 bridgehead atoms. The number of aromatic nitrogens is 2. The Labute approximate surface area is 211 Å². The molecule has 0 atom stereocenters. The minimum atomic E-state index is 0.454. The van der Waals surface area contributed by atoms with Crippen LogP contribution in [0.15, 0.2) is 94.9 Å². The average Bonchev–Trinajstić information content (AvgIpc) is 2.91. The molecule has 0 N–H and O–H groups in total. The Hall–Kier alpha value is -4.00. The van der Waals surface area contributed by atoms with Crippen LogP contribution in [-0.4, -0.2) is 22.4 Å². The largest absolute Gasteiger partial charge is 0.370 e. The van der Waals surface area contributed by atoms with E-state index in [1.54, 1.807) is 12.4 Å². The minimum absolute atomic E-state index is 0.454. The maximum Gasteiger partial charge on any atom is 0.0892 e. The molecule has 36 heavy (non-hydrogen) atoms. The fraction of sp³-hybridized carbons (Fsp3) is 0.200. The van der Waals surface area contributed by atoms with Crippen molar-refractivity contribution < 1.29 is 9.47 Å². The summed E-state index contributed by atoms with van der Waals surface area (Å²) in [7, 11) is 0. The highest BCUT2D eigenvalue weighted by atomic mass is 16.5. The van der Waals surface area contributed by atoms with Crippen LogP contribution < -0.4 is 0 Å². The lowest BCUT2D eigenvalue weighted by atomic mass is 10.1. The van der Waals surface area contributed by atoms with Crippen molar-refractivity contribution in [2.24, 2.45) is 9.98 Å². The smallest absolute Gasteiger partial charge is 0.0892 e. The first kappa shape index (κ1) is 23.7. The summed E-state index contributed by atoms with van der Waals surface area (Å²) in [5.41, 5.74) is 7.91. The molecule has 8 rings (SSSR count). The lowest BCUT2D eigenvalue weighted by molar-refractivity contribution is 0.0980. The van der Waals surface area contributed by atoms with Crippen LogP contribution in [0.25, 0.3) is 0 Å². The predicted molar refractivity (Wildman–Crippen MR) is 141 cm³/mol. The lowest BCUT2D eigenvalue weighted by Gasteiger charge is -2.08. The summed E-state index contributed by atoms with van der Waals surface area (Å²) in [6, 6.07) is 28.5. The molecule has 0 amide bonds. The molecular formula is C30H28N4O2. The van der Waals surface area contributed by atoms with Crippen LogP contribution in [0.2, 0.25) is 0 Å². The fourth-order valence-electron chi connectivity index (χ4n) is 3.82. The average molecular weight is 477 g/mol. The summed E-state index contributed by atoms with van der Waals surface area (Å²) in [5.74, 6) is 0. The number of benzene rings is 2. The van der Waals surface area contributed by atoms with E-state index in [-0.39, 0.29) is 0 Å². The summed E-state index contributed by atoms with van der Waals surface area (Å²) < 4.78 is 11.8. The summed E-state index contributed by atoms with van der Waals surface area (Å²) in [6.07, 6.45) is 3.61. The molecule has 6 nitrogen and oxygen atoms in total. The van der Waals surface area contributed by atoms with Gasteiger partial charge in [0.25, 0.3) is 0 Å². The number of aliphatic imine (C=N–C) groups is 2. The third kappa shape index (κ3) is 7.01. The highest BCUT2D eigenvalue weighted by Crippen LogP contribution is 2.11. The van der Waals surface area contributed by atoms with Gasteiger partial charge in [0.2, 0.25) is 0 Å². The van der Waals surface area contributed by atoms with Crippen LogP contribution in [0.4, 0.5) is 0 Å². The van der Waals surface area contributed by atoms with Crippen molar-refractivity contribution in [3.63, 3.8) is 0 Å². The van der Waals surface area contributed by atoms with E-state index in [2.05, 4.69) is 68.5 Å². The van der Waals surface area contributed by atoms with Crippen molar-refractivity contribution in [2.45, 2.75) is 39.5 Å². The Morgan fingerprint density at radius 1 is 0.444 bits per heavy atom. The number of hydrogen-bond acceptors (Lipinski definition) is 6. The van der Waals surface area contributed by atoms with E-state index < -0.39 is 0 Å². The molecule has 180 valence electrons. The summed E-state index contributed by atoms with van der Waals surface area (Å²) in [5, 5.41) is 0. The van der Waals surface area contributed by atoms with Crippen LogP contribution in [0.5, 0.6) is 0 Å². The van der Waals surface area contributed by atoms with Gasteiger partial charge in [-0.1, -0.05) is 60.7 Å². The van der Waals surface area contributed by atoms with Gasteiger partial charge in [-0.05, 0) is 46.5 Å². The molecule has 0 aliphatic carbocycles. The van der Waals surface area contributed by atoms with Gasteiger partial charge in [-0.25, -0.2) is 4.98 Å². The van der Waals surface area contributed by atoms with Crippen molar-refractivity contribution >= 4 is 12.4 Å². The van der Waals surface area contributed by atoms with E-state index in [1.807, 2.05) is 36.4 Å². The van der Waals surface area contributed by atoms with Gasteiger partial charge in [0.15, 0.2) is 0 Å². The van der Waals surface area contributed by atoms with E-state index in [1.165, 1.54) is 0 Å². The molecule has 6 heterocycles. The van der Waals surface area contributed by atoms with Gasteiger partial charge in [0, 0.05) is 12.4 Å². The zero-order valence-corrected chi connectivity index (χ0v) is 20.1. The maximum absolute atomic E-state index is 5.90. The van der Waals surface area contributed by atoms with Gasteiger partial charge < -0.3 is 9.47 Å². The molecule has 4 aromatic rings. The van der Waals surface area contributed by atoms with Gasteiger partial charge in [-0.3, -0.25) is 15.0 Å². The van der Waals surface area contributed by atoms with Crippen LogP contribution >= 0.6 is 0 Å². The Kier molecular flexibility index (Phi) is 7.98. The van der Waals surface area contributed by atoms with Crippen LogP contribution in [-0.2, 0) is 49.0 Å². The second-order valence-electron chi connectivity index (χ2n) is 8.67. The van der Waals surface area contributed by atoms with E-state index in [0.29, 0.717) is 39.5 Å². The van der Waals surface area contributed by atoms with Gasteiger partial charge in [0.05, 0.1) is 62.3 Å². The molecule has 0 radical (unpaired) electrons. The molecule has 0 unspecified atom stereocenters. The second kappa shape index (κ2) is 12.1. The first-order valence-electron chi connectivity index (χ1n) is 12.0. The van der Waals surface area contributed by atoms with E-state index in [4.69, 9.17) is 9.47 Å². The molecule has 2 aromatic heterocycles. The van der Waals surface area contributed by atoms with Crippen molar-refractivity contribution in [2.75, 3.05) is 0 Å². The van der Waals surface area contributed by atoms with Crippen LogP contribution in [0.3, 0.4) is 0 Å². The molecule has 4 aliphatic rings. The Balaban J connectivity index is 1.32. The van der Waals surface area contributed by atoms with Crippen molar-refractivity contribution in [1.82, 2.24) is 9.97 Å².